The fourth-order valence-corrected chi connectivity index (χ4v) is 3.06. The van der Waals surface area contributed by atoms with Crippen LogP contribution >= 0.6 is 0 Å². The van der Waals surface area contributed by atoms with Gasteiger partial charge in [-0.2, -0.15) is 0 Å². The van der Waals surface area contributed by atoms with Crippen molar-refractivity contribution in [2.75, 3.05) is 0 Å². The number of hydrogen-bond donors (Lipinski definition) is 2. The van der Waals surface area contributed by atoms with Crippen LogP contribution in [0, 0.1) is 29.6 Å². The van der Waals surface area contributed by atoms with Crippen LogP contribution in [0.25, 0.3) is 0 Å². The molecule has 25 heavy (non-hydrogen) atoms. The number of hydrogen-bond acceptors (Lipinski definition) is 3. The van der Waals surface area contributed by atoms with E-state index in [1.165, 1.54) is 0 Å². The Kier molecular flexibility index (Phi) is 10.2. The van der Waals surface area contributed by atoms with Crippen LogP contribution in [0.5, 0.6) is 0 Å². The monoisotopic (exact) mass is 348 g/mol. The molecule has 2 N–H and O–H groups in total. The van der Waals surface area contributed by atoms with E-state index in [9.17, 15) is 14.7 Å². The molecule has 1 fully saturated rings. The number of carbonyl (C=O) groups is 2. The highest BCUT2D eigenvalue weighted by atomic mass is 16.4. The number of allylic oxidation sites excluding steroid dienone is 2. The standard InChI is InChI=1S/C21H32O4/c1-3-4-11-18(22)12-8-10-17-14-15-20(23)19(17)13-7-5-6-9-16(2)21(24)25/h5,7,16-19,22H,3-4,6,9,11-15H2,1-2H3,(H,24,25)/t16?,17-,18-,19+/m0/s1. The second-order valence-electron chi connectivity index (χ2n) is 7.06. The molecule has 4 nitrogen and oxygen atoms in total. The number of unbranched alkanes of at least 4 members (excludes halogenated alkanes) is 1. The van der Waals surface area contributed by atoms with Crippen LogP contribution in [-0.2, 0) is 9.59 Å². The van der Waals surface area contributed by atoms with Crippen molar-refractivity contribution in [3.63, 3.8) is 0 Å². The summed E-state index contributed by atoms with van der Waals surface area (Å²) in [7, 11) is 0. The van der Waals surface area contributed by atoms with Crippen LogP contribution in [0.15, 0.2) is 12.2 Å². The second-order valence-corrected chi connectivity index (χ2v) is 7.06. The van der Waals surface area contributed by atoms with Crippen LogP contribution < -0.4 is 0 Å². The van der Waals surface area contributed by atoms with Crippen molar-refractivity contribution in [1.29, 1.82) is 0 Å². The van der Waals surface area contributed by atoms with Gasteiger partial charge in [-0.25, -0.2) is 0 Å². The second kappa shape index (κ2) is 11.9. The predicted molar refractivity (Wildman–Crippen MR) is 98.9 cm³/mol. The average Bonchev–Trinajstić information content (AvgIpc) is 2.92. The molecule has 0 radical (unpaired) electrons. The van der Waals surface area contributed by atoms with Crippen molar-refractivity contribution in [3.05, 3.63) is 12.2 Å². The number of carboxylic acids is 1. The lowest BCUT2D eigenvalue weighted by molar-refractivity contribution is -0.141. The lowest BCUT2D eigenvalue weighted by atomic mass is 9.92. The number of carboxylic acid groups (broad SMARTS) is 1. The van der Waals surface area contributed by atoms with Crippen molar-refractivity contribution in [2.24, 2.45) is 17.8 Å². The third-order valence-electron chi connectivity index (χ3n) is 4.86. The van der Waals surface area contributed by atoms with Crippen molar-refractivity contribution >= 4 is 11.8 Å². The molecule has 1 saturated carbocycles. The molecule has 0 aromatic rings. The molecular weight excluding hydrogens is 316 g/mol. The number of aliphatic carboxylic acids is 1. The Bertz CT molecular complexity index is 512. The minimum atomic E-state index is -0.768. The SMILES string of the molecule is CCCC[C@H](O)CC#C[C@H]1CCC(=O)[C@@H]1CC=CCCC(C)C(=O)O. The average molecular weight is 348 g/mol. The van der Waals surface area contributed by atoms with Gasteiger partial charge in [0.15, 0.2) is 0 Å². The zero-order valence-corrected chi connectivity index (χ0v) is 15.5. The molecule has 4 heteroatoms. The molecular formula is C21H32O4. The lowest BCUT2D eigenvalue weighted by Gasteiger charge is -2.11. The first kappa shape index (κ1) is 21.4. The predicted octanol–water partition coefficient (Wildman–Crippen LogP) is 3.97. The molecule has 0 aromatic heterocycles. The molecule has 1 aliphatic rings. The molecule has 0 aromatic carbocycles. The van der Waals surface area contributed by atoms with Crippen LogP contribution in [0.2, 0.25) is 0 Å². The highest BCUT2D eigenvalue weighted by molar-refractivity contribution is 5.84. The Morgan fingerprint density at radius 2 is 2.12 bits per heavy atom. The fraction of sp³-hybridized carbons (Fsp3) is 0.714. The minimum absolute atomic E-state index is 0.0477. The summed E-state index contributed by atoms with van der Waals surface area (Å²) in [5, 5.41) is 18.7. The van der Waals surface area contributed by atoms with E-state index in [2.05, 4.69) is 18.8 Å². The van der Waals surface area contributed by atoms with Gasteiger partial charge in [-0.05, 0) is 32.1 Å². The number of aliphatic hydroxyl groups is 1. The van der Waals surface area contributed by atoms with Gasteiger partial charge in [0.1, 0.15) is 5.78 Å². The highest BCUT2D eigenvalue weighted by Crippen LogP contribution is 2.31. The molecule has 1 rings (SSSR count). The Balaban J connectivity index is 2.41. The summed E-state index contributed by atoms with van der Waals surface area (Å²) in [5.74, 6) is 5.49. The largest absolute Gasteiger partial charge is 0.481 e. The Hall–Kier alpha value is -1.60. The van der Waals surface area contributed by atoms with Crippen molar-refractivity contribution in [3.8, 4) is 11.8 Å². The van der Waals surface area contributed by atoms with Crippen LogP contribution in [0.1, 0.15) is 71.6 Å². The number of aliphatic hydroxyl groups excluding tert-OH is 1. The summed E-state index contributed by atoms with van der Waals surface area (Å²) in [6, 6.07) is 0. The van der Waals surface area contributed by atoms with E-state index in [-0.39, 0.29) is 29.6 Å². The topological polar surface area (TPSA) is 74.6 Å². The molecule has 1 unspecified atom stereocenters. The molecule has 0 amide bonds. The number of carbonyl (C=O) groups excluding carboxylic acids is 1. The molecule has 1 aliphatic carbocycles. The number of rotatable bonds is 10. The van der Waals surface area contributed by atoms with E-state index in [0.29, 0.717) is 32.1 Å². The van der Waals surface area contributed by atoms with Gasteiger partial charge in [0.2, 0.25) is 0 Å². The molecule has 0 bridgehead atoms. The first-order valence-electron chi connectivity index (χ1n) is 9.52. The minimum Gasteiger partial charge on any atom is -0.481 e. The zero-order chi connectivity index (χ0) is 18.7. The summed E-state index contributed by atoms with van der Waals surface area (Å²) in [4.78, 5) is 22.8. The first-order chi connectivity index (χ1) is 12.0. The number of ketones is 1. The summed E-state index contributed by atoms with van der Waals surface area (Å²) in [5.41, 5.74) is 0. The Labute approximate surface area is 151 Å². The zero-order valence-electron chi connectivity index (χ0n) is 15.5. The molecule has 0 aliphatic heterocycles. The van der Waals surface area contributed by atoms with Crippen LogP contribution in [0.4, 0.5) is 0 Å². The van der Waals surface area contributed by atoms with Gasteiger partial charge < -0.3 is 10.2 Å². The van der Waals surface area contributed by atoms with Gasteiger partial charge in [0.25, 0.3) is 0 Å². The van der Waals surface area contributed by atoms with E-state index < -0.39 is 5.97 Å². The molecule has 0 saturated heterocycles. The molecule has 4 atom stereocenters. The molecule has 0 spiro atoms. The maximum atomic E-state index is 12.1. The quantitative estimate of drug-likeness (QED) is 0.463. The highest BCUT2D eigenvalue weighted by Gasteiger charge is 2.32. The molecule has 0 heterocycles. The maximum Gasteiger partial charge on any atom is 0.306 e. The Morgan fingerprint density at radius 1 is 1.36 bits per heavy atom. The van der Waals surface area contributed by atoms with E-state index in [1.54, 1.807) is 6.92 Å². The van der Waals surface area contributed by atoms with Crippen molar-refractivity contribution in [2.45, 2.75) is 77.7 Å². The number of Topliss-reactive ketones (excluding diaryl/α,β-unsaturated/α-hetero) is 1. The van der Waals surface area contributed by atoms with Crippen LogP contribution in [-0.4, -0.2) is 28.1 Å². The third kappa shape index (κ3) is 8.36. The van der Waals surface area contributed by atoms with Gasteiger partial charge in [-0.1, -0.05) is 44.8 Å². The summed E-state index contributed by atoms with van der Waals surface area (Å²) in [6.07, 6.45) is 10.4. The molecule has 140 valence electrons. The van der Waals surface area contributed by atoms with Crippen molar-refractivity contribution in [1.82, 2.24) is 0 Å². The smallest absolute Gasteiger partial charge is 0.306 e. The van der Waals surface area contributed by atoms with E-state index >= 15 is 0 Å². The van der Waals surface area contributed by atoms with Crippen molar-refractivity contribution < 1.29 is 19.8 Å². The van der Waals surface area contributed by atoms with Gasteiger partial charge in [0.05, 0.1) is 12.0 Å². The van der Waals surface area contributed by atoms with E-state index in [0.717, 1.165) is 25.7 Å². The summed E-state index contributed by atoms with van der Waals surface area (Å²) < 4.78 is 0. The Morgan fingerprint density at radius 3 is 2.80 bits per heavy atom. The van der Waals surface area contributed by atoms with Gasteiger partial charge in [-0.15, -0.1) is 5.92 Å². The fourth-order valence-electron chi connectivity index (χ4n) is 3.06. The van der Waals surface area contributed by atoms with E-state index in [4.69, 9.17) is 5.11 Å². The van der Waals surface area contributed by atoms with Crippen LogP contribution in [0.3, 0.4) is 0 Å². The summed E-state index contributed by atoms with van der Waals surface area (Å²) in [6.45, 7) is 3.81. The normalized spacial score (nSPS) is 22.6. The summed E-state index contributed by atoms with van der Waals surface area (Å²) >= 11 is 0. The first-order valence-corrected chi connectivity index (χ1v) is 9.52. The van der Waals surface area contributed by atoms with Gasteiger partial charge >= 0.3 is 5.97 Å². The maximum absolute atomic E-state index is 12.1. The van der Waals surface area contributed by atoms with E-state index in [1.807, 2.05) is 12.2 Å². The van der Waals surface area contributed by atoms with Gasteiger partial charge in [-0.3, -0.25) is 9.59 Å². The van der Waals surface area contributed by atoms with Gasteiger partial charge in [0, 0.05) is 24.7 Å². The third-order valence-corrected chi connectivity index (χ3v) is 4.86. The lowest BCUT2D eigenvalue weighted by Crippen LogP contribution is -2.13.